The Morgan fingerprint density at radius 1 is 1.46 bits per heavy atom. The molecule has 5 heteroatoms. The molecule has 0 bridgehead atoms. The third-order valence-electron chi connectivity index (χ3n) is 1.91. The molecule has 0 aliphatic carbocycles. The second-order valence-electron chi connectivity index (χ2n) is 2.80. The van der Waals surface area contributed by atoms with Crippen molar-refractivity contribution in [3.05, 3.63) is 23.2 Å². The summed E-state index contributed by atoms with van der Waals surface area (Å²) in [7, 11) is 0. The summed E-state index contributed by atoms with van der Waals surface area (Å²) in [6.07, 6.45) is 3.14. The second kappa shape index (κ2) is 4.00. The average molecular weight is 200 g/mol. The number of aromatic nitrogens is 2. The molecule has 13 heavy (non-hydrogen) atoms. The molecule has 0 radical (unpaired) electrons. The van der Waals surface area contributed by atoms with Crippen LogP contribution in [-0.4, -0.2) is 29.7 Å². The van der Waals surface area contributed by atoms with Crippen molar-refractivity contribution in [1.82, 2.24) is 15.3 Å². The lowest BCUT2D eigenvalue weighted by Gasteiger charge is -2.23. The molecule has 1 atom stereocenters. The van der Waals surface area contributed by atoms with Crippen molar-refractivity contribution in [3.63, 3.8) is 0 Å². The first kappa shape index (κ1) is 8.87. The minimum Gasteiger partial charge on any atom is -0.369 e. The molecule has 2 rings (SSSR count). The molecule has 1 aromatic rings. The van der Waals surface area contributed by atoms with Gasteiger partial charge in [0.25, 0.3) is 0 Å². The van der Waals surface area contributed by atoms with Crippen LogP contribution in [0.5, 0.6) is 0 Å². The molecule has 0 spiro atoms. The molecule has 70 valence electrons. The summed E-state index contributed by atoms with van der Waals surface area (Å²) in [6, 6.07) is 0. The number of hydrogen-bond acceptors (Lipinski definition) is 4. The fourth-order valence-electron chi connectivity index (χ4n) is 1.29. The van der Waals surface area contributed by atoms with E-state index in [-0.39, 0.29) is 6.10 Å². The molecular weight excluding hydrogens is 190 g/mol. The summed E-state index contributed by atoms with van der Waals surface area (Å²) in [5.74, 6) is 0. The normalized spacial score (nSPS) is 23.0. The zero-order valence-corrected chi connectivity index (χ0v) is 7.79. The highest BCUT2D eigenvalue weighted by molar-refractivity contribution is 6.30. The standard InChI is InChI=1S/C8H10ClN3O/c9-8-7(11-1-2-12-8)6-5-10-3-4-13-6/h1-2,6,10H,3-5H2. The lowest BCUT2D eigenvalue weighted by atomic mass is 10.2. The Kier molecular flexibility index (Phi) is 2.73. The van der Waals surface area contributed by atoms with Gasteiger partial charge in [0, 0.05) is 25.5 Å². The molecule has 1 saturated heterocycles. The Morgan fingerprint density at radius 2 is 2.31 bits per heavy atom. The Morgan fingerprint density at radius 3 is 3.00 bits per heavy atom. The summed E-state index contributed by atoms with van der Waals surface area (Å²) >= 11 is 5.88. The van der Waals surface area contributed by atoms with Gasteiger partial charge in [0.05, 0.1) is 6.61 Å². The van der Waals surface area contributed by atoms with E-state index in [2.05, 4.69) is 15.3 Å². The van der Waals surface area contributed by atoms with E-state index < -0.39 is 0 Å². The molecule has 1 aliphatic heterocycles. The first-order valence-corrected chi connectivity index (χ1v) is 4.54. The van der Waals surface area contributed by atoms with Crippen LogP contribution in [-0.2, 0) is 4.74 Å². The van der Waals surface area contributed by atoms with Crippen molar-refractivity contribution in [3.8, 4) is 0 Å². The van der Waals surface area contributed by atoms with Crippen molar-refractivity contribution in [1.29, 1.82) is 0 Å². The summed E-state index contributed by atoms with van der Waals surface area (Å²) in [4.78, 5) is 8.09. The van der Waals surface area contributed by atoms with Crippen LogP contribution < -0.4 is 5.32 Å². The molecule has 1 N–H and O–H groups in total. The van der Waals surface area contributed by atoms with Gasteiger partial charge >= 0.3 is 0 Å². The fourth-order valence-corrected chi connectivity index (χ4v) is 1.52. The number of halogens is 1. The third kappa shape index (κ3) is 1.96. The van der Waals surface area contributed by atoms with Crippen molar-refractivity contribution in [2.75, 3.05) is 19.7 Å². The first-order valence-electron chi connectivity index (χ1n) is 4.16. The quantitative estimate of drug-likeness (QED) is 0.727. The van der Waals surface area contributed by atoms with Crippen molar-refractivity contribution in [2.24, 2.45) is 0 Å². The van der Waals surface area contributed by atoms with Crippen LogP contribution in [0.2, 0.25) is 5.15 Å². The lowest BCUT2D eigenvalue weighted by Crippen LogP contribution is -2.34. The van der Waals surface area contributed by atoms with Crippen molar-refractivity contribution >= 4 is 11.6 Å². The zero-order chi connectivity index (χ0) is 9.10. The van der Waals surface area contributed by atoms with Crippen LogP contribution in [0, 0.1) is 0 Å². The zero-order valence-electron chi connectivity index (χ0n) is 7.03. The van der Waals surface area contributed by atoms with E-state index in [9.17, 15) is 0 Å². The molecule has 0 amide bonds. The van der Waals surface area contributed by atoms with Gasteiger partial charge < -0.3 is 10.1 Å². The van der Waals surface area contributed by atoms with Crippen molar-refractivity contribution < 1.29 is 4.74 Å². The van der Waals surface area contributed by atoms with Gasteiger partial charge in [-0.25, -0.2) is 4.98 Å². The molecule has 1 aromatic heterocycles. The van der Waals surface area contributed by atoms with Gasteiger partial charge in [-0.05, 0) is 0 Å². The van der Waals surface area contributed by atoms with E-state index in [0.717, 1.165) is 18.8 Å². The van der Waals surface area contributed by atoms with Gasteiger partial charge in [0.15, 0.2) is 5.15 Å². The highest BCUT2D eigenvalue weighted by atomic mass is 35.5. The molecule has 0 aromatic carbocycles. The maximum Gasteiger partial charge on any atom is 0.153 e. The SMILES string of the molecule is Clc1nccnc1C1CNCCO1. The van der Waals surface area contributed by atoms with Gasteiger partial charge in [0.1, 0.15) is 11.8 Å². The van der Waals surface area contributed by atoms with E-state index >= 15 is 0 Å². The van der Waals surface area contributed by atoms with Crippen LogP contribution in [0.25, 0.3) is 0 Å². The maximum atomic E-state index is 5.88. The van der Waals surface area contributed by atoms with Gasteiger partial charge in [-0.2, -0.15) is 0 Å². The molecule has 1 fully saturated rings. The van der Waals surface area contributed by atoms with Crippen molar-refractivity contribution in [2.45, 2.75) is 6.10 Å². The van der Waals surface area contributed by atoms with E-state index in [1.807, 2.05) is 0 Å². The van der Waals surface area contributed by atoms with Crippen LogP contribution >= 0.6 is 11.6 Å². The first-order chi connectivity index (χ1) is 6.38. The number of nitrogens with zero attached hydrogens (tertiary/aromatic N) is 2. The summed E-state index contributed by atoms with van der Waals surface area (Å²) in [5.41, 5.74) is 0.719. The van der Waals surface area contributed by atoms with Gasteiger partial charge in [0.2, 0.25) is 0 Å². The van der Waals surface area contributed by atoms with Crippen LogP contribution in [0.15, 0.2) is 12.4 Å². The number of ether oxygens (including phenoxy) is 1. The minimum absolute atomic E-state index is 0.0602. The highest BCUT2D eigenvalue weighted by Gasteiger charge is 2.19. The van der Waals surface area contributed by atoms with E-state index in [1.165, 1.54) is 0 Å². The number of nitrogens with one attached hydrogen (secondary N) is 1. The Balaban J connectivity index is 2.18. The van der Waals surface area contributed by atoms with Gasteiger partial charge in [-0.3, -0.25) is 4.98 Å². The molecule has 1 unspecified atom stereocenters. The maximum absolute atomic E-state index is 5.88. The van der Waals surface area contributed by atoms with E-state index in [0.29, 0.717) is 11.8 Å². The molecular formula is C8H10ClN3O. The Bertz CT molecular complexity index is 288. The lowest BCUT2D eigenvalue weighted by molar-refractivity contribution is 0.0249. The predicted molar refractivity (Wildman–Crippen MR) is 48.6 cm³/mol. The number of hydrogen-bond donors (Lipinski definition) is 1. The largest absolute Gasteiger partial charge is 0.369 e. The minimum atomic E-state index is -0.0602. The van der Waals surface area contributed by atoms with Crippen LogP contribution in [0.1, 0.15) is 11.8 Å². The van der Waals surface area contributed by atoms with E-state index in [4.69, 9.17) is 16.3 Å². The number of rotatable bonds is 1. The summed E-state index contributed by atoms with van der Waals surface area (Å²) < 4.78 is 5.50. The summed E-state index contributed by atoms with van der Waals surface area (Å²) in [6.45, 7) is 2.32. The summed E-state index contributed by atoms with van der Waals surface area (Å²) in [5, 5.41) is 3.64. The molecule has 4 nitrogen and oxygen atoms in total. The molecule has 0 saturated carbocycles. The van der Waals surface area contributed by atoms with Crippen LogP contribution in [0.4, 0.5) is 0 Å². The molecule has 1 aliphatic rings. The van der Waals surface area contributed by atoms with Gasteiger partial charge in [-0.15, -0.1) is 0 Å². The van der Waals surface area contributed by atoms with E-state index in [1.54, 1.807) is 12.4 Å². The highest BCUT2D eigenvalue weighted by Crippen LogP contribution is 2.21. The smallest absolute Gasteiger partial charge is 0.153 e. The Labute approximate surface area is 81.3 Å². The Hall–Kier alpha value is -0.710. The second-order valence-corrected chi connectivity index (χ2v) is 3.15. The number of morpholine rings is 1. The fraction of sp³-hybridized carbons (Fsp3) is 0.500. The van der Waals surface area contributed by atoms with Gasteiger partial charge in [-0.1, -0.05) is 11.6 Å². The third-order valence-corrected chi connectivity index (χ3v) is 2.20. The van der Waals surface area contributed by atoms with Crippen LogP contribution in [0.3, 0.4) is 0 Å². The molecule has 2 heterocycles. The monoisotopic (exact) mass is 199 g/mol. The average Bonchev–Trinajstić information content (AvgIpc) is 2.20. The topological polar surface area (TPSA) is 47.0 Å². The predicted octanol–water partition coefficient (Wildman–Crippen LogP) is 0.791.